The predicted molar refractivity (Wildman–Crippen MR) is 77.5 cm³/mol. The smallest absolute Gasteiger partial charge is 0.251 e. The first-order valence-electron chi connectivity index (χ1n) is 6.34. The Morgan fingerprint density at radius 3 is 2.63 bits per heavy atom. The number of hydrogen-bond donors (Lipinski definition) is 2. The second-order valence-electron chi connectivity index (χ2n) is 4.38. The summed E-state index contributed by atoms with van der Waals surface area (Å²) >= 11 is 1.66. The fourth-order valence-electron chi connectivity index (χ4n) is 1.92. The second-order valence-corrected chi connectivity index (χ2v) is 5.36. The lowest BCUT2D eigenvalue weighted by Gasteiger charge is -2.16. The summed E-state index contributed by atoms with van der Waals surface area (Å²) in [6, 6.07) is 10.4. The number of thiophene rings is 1. The van der Waals surface area contributed by atoms with Gasteiger partial charge >= 0.3 is 0 Å². The summed E-state index contributed by atoms with van der Waals surface area (Å²) in [6.45, 7) is 2.10. The molecule has 0 aliphatic carbocycles. The van der Waals surface area contributed by atoms with E-state index in [2.05, 4.69) is 12.2 Å². The van der Waals surface area contributed by atoms with E-state index in [9.17, 15) is 9.90 Å². The van der Waals surface area contributed by atoms with E-state index < -0.39 is 0 Å². The number of phenolic OH excluding ortho intramolecular Hbond substituents is 1. The van der Waals surface area contributed by atoms with Crippen LogP contribution in [0.4, 0.5) is 0 Å². The van der Waals surface area contributed by atoms with Gasteiger partial charge < -0.3 is 10.4 Å². The Bertz CT molecular complexity index is 520. The molecule has 1 atom stereocenters. The quantitative estimate of drug-likeness (QED) is 0.873. The SMILES string of the molecule is CCCC(NC(=O)c1ccc(O)cc1)c1cccs1. The third-order valence-electron chi connectivity index (χ3n) is 2.90. The predicted octanol–water partition coefficient (Wildman–Crippen LogP) is 3.72. The van der Waals surface area contributed by atoms with Gasteiger partial charge in [0.15, 0.2) is 0 Å². The fourth-order valence-corrected chi connectivity index (χ4v) is 2.73. The molecule has 0 saturated heterocycles. The average Bonchev–Trinajstić information content (AvgIpc) is 2.92. The molecule has 1 unspecified atom stereocenters. The van der Waals surface area contributed by atoms with E-state index in [1.165, 1.54) is 17.0 Å². The molecule has 0 spiro atoms. The number of phenols is 1. The highest BCUT2D eigenvalue weighted by Gasteiger charge is 2.15. The van der Waals surface area contributed by atoms with Crippen LogP contribution in [0.2, 0.25) is 0 Å². The molecule has 19 heavy (non-hydrogen) atoms. The minimum absolute atomic E-state index is 0.0614. The van der Waals surface area contributed by atoms with Crippen LogP contribution in [-0.2, 0) is 0 Å². The van der Waals surface area contributed by atoms with E-state index in [0.717, 1.165) is 12.8 Å². The number of hydrogen-bond acceptors (Lipinski definition) is 3. The summed E-state index contributed by atoms with van der Waals surface area (Å²) in [7, 11) is 0. The third kappa shape index (κ3) is 3.58. The Kier molecular flexibility index (Phi) is 4.58. The van der Waals surface area contributed by atoms with Gasteiger partial charge in [0.25, 0.3) is 5.91 Å². The lowest BCUT2D eigenvalue weighted by atomic mass is 10.1. The van der Waals surface area contributed by atoms with E-state index in [1.54, 1.807) is 23.5 Å². The van der Waals surface area contributed by atoms with Crippen LogP contribution < -0.4 is 5.32 Å². The van der Waals surface area contributed by atoms with E-state index in [1.807, 2.05) is 17.5 Å². The van der Waals surface area contributed by atoms with Crippen LogP contribution in [0.5, 0.6) is 5.75 Å². The van der Waals surface area contributed by atoms with Crippen LogP contribution in [0.1, 0.15) is 41.0 Å². The molecule has 2 rings (SSSR count). The normalized spacial score (nSPS) is 12.1. The Hall–Kier alpha value is -1.81. The van der Waals surface area contributed by atoms with Crippen molar-refractivity contribution in [1.29, 1.82) is 0 Å². The molecule has 1 aromatic carbocycles. The summed E-state index contributed by atoms with van der Waals surface area (Å²) in [5, 5.41) is 14.3. The molecule has 1 heterocycles. The van der Waals surface area contributed by atoms with E-state index in [4.69, 9.17) is 0 Å². The van der Waals surface area contributed by atoms with Crippen molar-refractivity contribution >= 4 is 17.2 Å². The standard InChI is InChI=1S/C15H17NO2S/c1-2-4-13(14-5-3-10-19-14)16-15(18)11-6-8-12(17)9-7-11/h3,5-10,13,17H,2,4H2,1H3,(H,16,18). The molecule has 0 radical (unpaired) electrons. The molecule has 4 heteroatoms. The molecule has 0 fully saturated rings. The van der Waals surface area contributed by atoms with Crippen molar-refractivity contribution in [3.63, 3.8) is 0 Å². The van der Waals surface area contributed by atoms with Crippen LogP contribution in [0.25, 0.3) is 0 Å². The molecule has 1 aromatic heterocycles. The summed E-state index contributed by atoms with van der Waals surface area (Å²) in [5.74, 6) is 0.0618. The van der Waals surface area contributed by atoms with Crippen molar-refractivity contribution in [2.45, 2.75) is 25.8 Å². The second kappa shape index (κ2) is 6.38. The number of carbonyl (C=O) groups excluding carboxylic acids is 1. The lowest BCUT2D eigenvalue weighted by Crippen LogP contribution is -2.27. The minimum Gasteiger partial charge on any atom is -0.508 e. The van der Waals surface area contributed by atoms with Crippen LogP contribution in [-0.4, -0.2) is 11.0 Å². The molecule has 1 amide bonds. The van der Waals surface area contributed by atoms with Crippen molar-refractivity contribution in [1.82, 2.24) is 5.32 Å². The molecular formula is C15H17NO2S. The van der Waals surface area contributed by atoms with Crippen LogP contribution in [0, 0.1) is 0 Å². The number of nitrogens with one attached hydrogen (secondary N) is 1. The van der Waals surface area contributed by atoms with Crippen LogP contribution >= 0.6 is 11.3 Å². The number of benzene rings is 1. The molecule has 0 saturated carbocycles. The maximum atomic E-state index is 12.1. The largest absolute Gasteiger partial charge is 0.508 e. The van der Waals surface area contributed by atoms with Crippen molar-refractivity contribution < 1.29 is 9.90 Å². The summed E-state index contributed by atoms with van der Waals surface area (Å²) in [4.78, 5) is 13.3. The number of rotatable bonds is 5. The van der Waals surface area contributed by atoms with Gasteiger partial charge in [-0.15, -0.1) is 11.3 Å². The molecule has 0 aliphatic heterocycles. The maximum Gasteiger partial charge on any atom is 0.251 e. The van der Waals surface area contributed by atoms with E-state index in [0.29, 0.717) is 5.56 Å². The van der Waals surface area contributed by atoms with E-state index in [-0.39, 0.29) is 17.7 Å². The minimum atomic E-state index is -0.105. The average molecular weight is 275 g/mol. The topological polar surface area (TPSA) is 49.3 Å². The maximum absolute atomic E-state index is 12.1. The van der Waals surface area contributed by atoms with E-state index >= 15 is 0 Å². The van der Waals surface area contributed by atoms with Crippen LogP contribution in [0.3, 0.4) is 0 Å². The van der Waals surface area contributed by atoms with Gasteiger partial charge in [-0.05, 0) is 42.1 Å². The van der Waals surface area contributed by atoms with Crippen molar-refractivity contribution in [3.05, 3.63) is 52.2 Å². The first-order chi connectivity index (χ1) is 9.20. The zero-order valence-electron chi connectivity index (χ0n) is 10.8. The van der Waals surface area contributed by atoms with Gasteiger partial charge in [-0.3, -0.25) is 4.79 Å². The highest BCUT2D eigenvalue weighted by molar-refractivity contribution is 7.10. The molecule has 2 N–H and O–H groups in total. The number of carbonyl (C=O) groups is 1. The first-order valence-corrected chi connectivity index (χ1v) is 7.22. The van der Waals surface area contributed by atoms with Gasteiger partial charge in [-0.25, -0.2) is 0 Å². The van der Waals surface area contributed by atoms with Gasteiger partial charge in [-0.1, -0.05) is 19.4 Å². The van der Waals surface area contributed by atoms with Gasteiger partial charge in [0, 0.05) is 10.4 Å². The Morgan fingerprint density at radius 1 is 1.32 bits per heavy atom. The van der Waals surface area contributed by atoms with Crippen LogP contribution in [0.15, 0.2) is 41.8 Å². The van der Waals surface area contributed by atoms with Crippen molar-refractivity contribution in [2.75, 3.05) is 0 Å². The fraction of sp³-hybridized carbons (Fsp3) is 0.267. The molecule has 3 nitrogen and oxygen atoms in total. The van der Waals surface area contributed by atoms with Crippen molar-refractivity contribution in [3.8, 4) is 5.75 Å². The van der Waals surface area contributed by atoms with Gasteiger partial charge in [0.2, 0.25) is 0 Å². The zero-order chi connectivity index (χ0) is 13.7. The molecule has 0 bridgehead atoms. The highest BCUT2D eigenvalue weighted by atomic mass is 32.1. The highest BCUT2D eigenvalue weighted by Crippen LogP contribution is 2.23. The first kappa shape index (κ1) is 13.6. The molecule has 2 aromatic rings. The third-order valence-corrected chi connectivity index (χ3v) is 3.88. The zero-order valence-corrected chi connectivity index (χ0v) is 11.6. The Morgan fingerprint density at radius 2 is 2.05 bits per heavy atom. The van der Waals surface area contributed by atoms with Gasteiger partial charge in [0.05, 0.1) is 6.04 Å². The number of amides is 1. The number of aromatic hydroxyl groups is 1. The molecule has 100 valence electrons. The van der Waals surface area contributed by atoms with Crippen molar-refractivity contribution in [2.24, 2.45) is 0 Å². The summed E-state index contributed by atoms with van der Waals surface area (Å²) in [5.41, 5.74) is 0.565. The monoisotopic (exact) mass is 275 g/mol. The summed E-state index contributed by atoms with van der Waals surface area (Å²) < 4.78 is 0. The Labute approximate surface area is 116 Å². The Balaban J connectivity index is 2.09. The van der Waals surface area contributed by atoms with Gasteiger partial charge in [-0.2, -0.15) is 0 Å². The molecular weight excluding hydrogens is 258 g/mol. The molecule has 0 aliphatic rings. The lowest BCUT2D eigenvalue weighted by molar-refractivity contribution is 0.0935. The van der Waals surface area contributed by atoms with Gasteiger partial charge in [0.1, 0.15) is 5.75 Å². The summed E-state index contributed by atoms with van der Waals surface area (Å²) in [6.07, 6.45) is 1.93.